The second kappa shape index (κ2) is 8.48. The smallest absolute Gasteiger partial charge is 0.163 e. The average Bonchev–Trinajstić information content (AvgIpc) is 2.74. The van der Waals surface area contributed by atoms with Crippen LogP contribution in [0, 0.1) is 6.92 Å². The van der Waals surface area contributed by atoms with E-state index in [4.69, 9.17) is 4.98 Å². The molecule has 5 nitrogen and oxygen atoms in total. The first-order valence-electron chi connectivity index (χ1n) is 9.96. The fraction of sp³-hybridized carbons (Fsp3) is 0.348. The van der Waals surface area contributed by atoms with Crippen LogP contribution >= 0.6 is 0 Å². The molecule has 2 aromatic heterocycles. The van der Waals surface area contributed by atoms with E-state index >= 15 is 0 Å². The van der Waals surface area contributed by atoms with Gasteiger partial charge in [0, 0.05) is 50.1 Å². The van der Waals surface area contributed by atoms with Gasteiger partial charge in [-0.2, -0.15) is 0 Å². The van der Waals surface area contributed by atoms with Crippen molar-refractivity contribution in [1.82, 2.24) is 19.9 Å². The molecule has 0 radical (unpaired) electrons. The summed E-state index contributed by atoms with van der Waals surface area (Å²) >= 11 is 0. The van der Waals surface area contributed by atoms with Gasteiger partial charge in [-0.1, -0.05) is 29.8 Å². The third-order valence-corrected chi connectivity index (χ3v) is 5.33. The molecule has 0 saturated carbocycles. The lowest BCUT2D eigenvalue weighted by atomic mass is 9.94. The topological polar surface area (TPSA) is 53.9 Å². The Morgan fingerprint density at radius 3 is 2.86 bits per heavy atom. The first-order chi connectivity index (χ1) is 13.7. The molecule has 1 fully saturated rings. The summed E-state index contributed by atoms with van der Waals surface area (Å²) in [5, 5.41) is 3.19. The highest BCUT2D eigenvalue weighted by Gasteiger charge is 2.23. The maximum absolute atomic E-state index is 4.91. The van der Waals surface area contributed by atoms with Crippen LogP contribution in [0.1, 0.15) is 35.6 Å². The van der Waals surface area contributed by atoms with Gasteiger partial charge in [0.25, 0.3) is 0 Å². The van der Waals surface area contributed by atoms with Gasteiger partial charge in [0.15, 0.2) is 5.82 Å². The Bertz CT molecular complexity index is 925. The molecule has 3 heterocycles. The standard InChI is InChI=1S/C23H27N5/c1-17-6-3-7-18(12-17)15-28-11-5-9-20(16-28)21-13-22(24-2)27-23(26-21)19-8-4-10-25-14-19/h3-4,6-8,10,12-14,20H,5,9,11,15-16H2,1-2H3,(H,24,26,27)/t20-/m0/s1. The van der Waals surface area contributed by atoms with E-state index in [1.165, 1.54) is 17.5 Å². The van der Waals surface area contributed by atoms with E-state index in [1.54, 1.807) is 6.20 Å². The van der Waals surface area contributed by atoms with Crippen molar-refractivity contribution in [3.63, 3.8) is 0 Å². The monoisotopic (exact) mass is 373 g/mol. The van der Waals surface area contributed by atoms with Gasteiger partial charge in [-0.25, -0.2) is 9.97 Å². The van der Waals surface area contributed by atoms with Gasteiger partial charge in [-0.15, -0.1) is 0 Å². The van der Waals surface area contributed by atoms with Crippen molar-refractivity contribution < 1.29 is 0 Å². The summed E-state index contributed by atoms with van der Waals surface area (Å²) in [6.45, 7) is 5.32. The summed E-state index contributed by atoms with van der Waals surface area (Å²) in [6.07, 6.45) is 5.95. The zero-order chi connectivity index (χ0) is 19.3. The first-order valence-corrected chi connectivity index (χ1v) is 9.96. The number of piperidine rings is 1. The van der Waals surface area contributed by atoms with E-state index in [2.05, 4.69) is 57.4 Å². The van der Waals surface area contributed by atoms with Crippen molar-refractivity contribution in [2.75, 3.05) is 25.5 Å². The van der Waals surface area contributed by atoms with Crippen LogP contribution in [-0.2, 0) is 6.54 Å². The highest BCUT2D eigenvalue weighted by Crippen LogP contribution is 2.29. The van der Waals surface area contributed by atoms with Crippen LogP contribution in [0.5, 0.6) is 0 Å². The van der Waals surface area contributed by atoms with Crippen molar-refractivity contribution in [1.29, 1.82) is 0 Å². The van der Waals surface area contributed by atoms with Gasteiger partial charge < -0.3 is 5.32 Å². The molecule has 3 aromatic rings. The summed E-state index contributed by atoms with van der Waals surface area (Å²) < 4.78 is 0. The lowest BCUT2D eigenvalue weighted by Gasteiger charge is -2.32. The van der Waals surface area contributed by atoms with E-state index < -0.39 is 0 Å². The molecule has 1 N–H and O–H groups in total. The molecular weight excluding hydrogens is 346 g/mol. The molecule has 1 saturated heterocycles. The van der Waals surface area contributed by atoms with Gasteiger partial charge in [-0.05, 0) is 44.0 Å². The number of nitrogens with one attached hydrogen (secondary N) is 1. The lowest BCUT2D eigenvalue weighted by Crippen LogP contribution is -2.34. The van der Waals surface area contributed by atoms with E-state index in [0.29, 0.717) is 5.92 Å². The summed E-state index contributed by atoms with van der Waals surface area (Å²) in [4.78, 5) is 16.3. The number of anilines is 1. The molecule has 1 aliphatic rings. The van der Waals surface area contributed by atoms with Crippen molar-refractivity contribution in [3.05, 3.63) is 71.7 Å². The van der Waals surface area contributed by atoms with Crippen molar-refractivity contribution >= 4 is 5.82 Å². The van der Waals surface area contributed by atoms with E-state index in [1.807, 2.05) is 25.4 Å². The highest BCUT2D eigenvalue weighted by molar-refractivity contribution is 5.56. The Morgan fingerprint density at radius 2 is 2.07 bits per heavy atom. The molecular formula is C23H27N5. The third-order valence-electron chi connectivity index (χ3n) is 5.33. The normalized spacial score (nSPS) is 17.4. The molecule has 0 amide bonds. The predicted octanol–water partition coefficient (Wildman–Crippen LogP) is 4.27. The second-order valence-corrected chi connectivity index (χ2v) is 7.56. The van der Waals surface area contributed by atoms with E-state index in [9.17, 15) is 0 Å². The highest BCUT2D eigenvalue weighted by atomic mass is 15.1. The molecule has 0 unspecified atom stereocenters. The molecule has 0 aliphatic carbocycles. The van der Waals surface area contributed by atoms with Crippen LogP contribution < -0.4 is 5.32 Å². The lowest BCUT2D eigenvalue weighted by molar-refractivity contribution is 0.198. The minimum Gasteiger partial charge on any atom is -0.373 e. The average molecular weight is 374 g/mol. The SMILES string of the molecule is CNc1cc([C@H]2CCCN(Cc3cccc(C)c3)C2)nc(-c2cccnc2)n1. The number of aryl methyl sites for hydroxylation is 1. The number of rotatable bonds is 5. The zero-order valence-electron chi connectivity index (χ0n) is 16.6. The van der Waals surface area contributed by atoms with Crippen molar-refractivity contribution in [2.24, 2.45) is 0 Å². The molecule has 0 spiro atoms. The number of benzene rings is 1. The van der Waals surface area contributed by atoms with Gasteiger partial charge in [0.05, 0.1) is 5.69 Å². The minimum absolute atomic E-state index is 0.420. The van der Waals surface area contributed by atoms with Crippen LogP contribution in [-0.4, -0.2) is 40.0 Å². The molecule has 0 bridgehead atoms. The van der Waals surface area contributed by atoms with E-state index in [-0.39, 0.29) is 0 Å². The van der Waals surface area contributed by atoms with Gasteiger partial charge in [-0.3, -0.25) is 9.88 Å². The Hall–Kier alpha value is -2.79. The minimum atomic E-state index is 0.420. The van der Waals surface area contributed by atoms with Gasteiger partial charge in [0.1, 0.15) is 5.82 Å². The first kappa shape index (κ1) is 18.6. The number of likely N-dealkylation sites (tertiary alicyclic amines) is 1. The van der Waals surface area contributed by atoms with Gasteiger partial charge >= 0.3 is 0 Å². The number of nitrogens with zero attached hydrogens (tertiary/aromatic N) is 4. The third kappa shape index (κ3) is 4.37. The Labute approximate surface area is 166 Å². The molecule has 144 valence electrons. The van der Waals surface area contributed by atoms with Crippen molar-refractivity contribution in [2.45, 2.75) is 32.2 Å². The summed E-state index contributed by atoms with van der Waals surface area (Å²) in [5.41, 5.74) is 4.78. The predicted molar refractivity (Wildman–Crippen MR) is 113 cm³/mol. The molecule has 28 heavy (non-hydrogen) atoms. The second-order valence-electron chi connectivity index (χ2n) is 7.56. The number of aromatic nitrogens is 3. The Balaban J connectivity index is 1.56. The largest absolute Gasteiger partial charge is 0.373 e. The zero-order valence-corrected chi connectivity index (χ0v) is 16.6. The molecule has 1 atom stereocenters. The summed E-state index contributed by atoms with van der Waals surface area (Å²) in [6, 6.07) is 14.8. The van der Waals surface area contributed by atoms with Gasteiger partial charge in [0.2, 0.25) is 0 Å². The van der Waals surface area contributed by atoms with Crippen LogP contribution in [0.2, 0.25) is 0 Å². The quantitative estimate of drug-likeness (QED) is 0.724. The van der Waals surface area contributed by atoms with Crippen LogP contribution in [0.25, 0.3) is 11.4 Å². The molecule has 1 aromatic carbocycles. The number of pyridine rings is 1. The summed E-state index contributed by atoms with van der Waals surface area (Å²) in [5.74, 6) is 2.02. The Kier molecular flexibility index (Phi) is 5.63. The number of hydrogen-bond acceptors (Lipinski definition) is 5. The maximum atomic E-state index is 4.91. The van der Waals surface area contributed by atoms with E-state index in [0.717, 1.165) is 49.0 Å². The summed E-state index contributed by atoms with van der Waals surface area (Å²) in [7, 11) is 1.91. The fourth-order valence-corrected chi connectivity index (χ4v) is 3.94. The number of hydrogen-bond donors (Lipinski definition) is 1. The fourth-order valence-electron chi connectivity index (χ4n) is 3.94. The van der Waals surface area contributed by atoms with Crippen LogP contribution in [0.3, 0.4) is 0 Å². The van der Waals surface area contributed by atoms with Crippen LogP contribution in [0.15, 0.2) is 54.9 Å². The molecule has 1 aliphatic heterocycles. The molecule has 5 heteroatoms. The maximum Gasteiger partial charge on any atom is 0.163 e. The Morgan fingerprint density at radius 1 is 1.14 bits per heavy atom. The van der Waals surface area contributed by atoms with Crippen LogP contribution in [0.4, 0.5) is 5.82 Å². The van der Waals surface area contributed by atoms with Crippen molar-refractivity contribution in [3.8, 4) is 11.4 Å². The molecule has 4 rings (SSSR count).